The smallest absolute Gasteiger partial charge is 0.292 e. The van der Waals surface area contributed by atoms with Gasteiger partial charge in [0.1, 0.15) is 5.69 Å². The summed E-state index contributed by atoms with van der Waals surface area (Å²) in [6, 6.07) is 13.1. The number of piperidine rings is 1. The van der Waals surface area contributed by atoms with Crippen molar-refractivity contribution in [1.82, 2.24) is 4.90 Å². The normalized spacial score (nSPS) is 17.2. The summed E-state index contributed by atoms with van der Waals surface area (Å²) in [5.74, 6) is 0.0658. The minimum Gasteiger partial charge on any atom is -0.368 e. The molecule has 7 nitrogen and oxygen atoms in total. The van der Waals surface area contributed by atoms with Crippen molar-refractivity contribution in [3.63, 3.8) is 0 Å². The fraction of sp³-hybridized carbons (Fsp3) is 0.435. The first-order chi connectivity index (χ1) is 14.5. The second kappa shape index (κ2) is 8.73. The van der Waals surface area contributed by atoms with Crippen LogP contribution in [0.15, 0.2) is 42.5 Å². The summed E-state index contributed by atoms with van der Waals surface area (Å²) in [7, 11) is 0. The van der Waals surface area contributed by atoms with Crippen LogP contribution in [0.3, 0.4) is 0 Å². The maximum absolute atomic E-state index is 12.8. The zero-order valence-corrected chi connectivity index (χ0v) is 17.4. The van der Waals surface area contributed by atoms with Crippen molar-refractivity contribution in [2.75, 3.05) is 49.1 Å². The summed E-state index contributed by atoms with van der Waals surface area (Å²) in [5, 5.41) is 11.5. The highest BCUT2D eigenvalue weighted by molar-refractivity contribution is 5.94. The van der Waals surface area contributed by atoms with Crippen LogP contribution in [-0.2, 0) is 0 Å². The van der Waals surface area contributed by atoms with E-state index in [9.17, 15) is 14.9 Å². The molecule has 2 heterocycles. The average Bonchev–Trinajstić information content (AvgIpc) is 2.79. The molecule has 2 fully saturated rings. The van der Waals surface area contributed by atoms with Crippen LogP contribution in [0.5, 0.6) is 0 Å². The minimum absolute atomic E-state index is 0.0658. The molecule has 0 bridgehead atoms. The van der Waals surface area contributed by atoms with E-state index < -0.39 is 0 Å². The summed E-state index contributed by atoms with van der Waals surface area (Å²) in [6.45, 7) is 6.44. The largest absolute Gasteiger partial charge is 0.368 e. The third kappa shape index (κ3) is 4.25. The van der Waals surface area contributed by atoms with Crippen molar-refractivity contribution in [2.24, 2.45) is 0 Å². The highest BCUT2D eigenvalue weighted by Gasteiger charge is 2.26. The Hall–Kier alpha value is -3.09. The second-order valence-electron chi connectivity index (χ2n) is 8.13. The molecule has 2 aromatic rings. The molecule has 1 amide bonds. The lowest BCUT2D eigenvalue weighted by Gasteiger charge is -2.37. The summed E-state index contributed by atoms with van der Waals surface area (Å²) < 4.78 is 0. The van der Waals surface area contributed by atoms with Gasteiger partial charge in [0, 0.05) is 56.6 Å². The molecule has 4 rings (SSSR count). The predicted octanol–water partition coefficient (Wildman–Crippen LogP) is 3.86. The van der Waals surface area contributed by atoms with Crippen molar-refractivity contribution in [3.05, 3.63) is 63.7 Å². The van der Waals surface area contributed by atoms with Crippen LogP contribution in [-0.4, -0.2) is 55.0 Å². The number of benzene rings is 2. The van der Waals surface area contributed by atoms with Crippen LogP contribution in [0.1, 0.15) is 35.2 Å². The standard InChI is InChI=1S/C23H28N4O3/c1-18-6-5-7-19(16-18)23(28)26-14-12-24(13-15-26)20-8-9-21(27(29)30)22(17-20)25-10-3-2-4-11-25/h5-9,16-17H,2-4,10-15H2,1H3. The van der Waals surface area contributed by atoms with Gasteiger partial charge in [-0.1, -0.05) is 17.7 Å². The van der Waals surface area contributed by atoms with E-state index in [4.69, 9.17) is 0 Å². The number of amides is 1. The molecule has 158 valence electrons. The predicted molar refractivity (Wildman–Crippen MR) is 118 cm³/mol. The zero-order chi connectivity index (χ0) is 21.1. The van der Waals surface area contributed by atoms with E-state index in [1.165, 1.54) is 6.42 Å². The Bertz CT molecular complexity index is 932. The maximum atomic E-state index is 12.8. The van der Waals surface area contributed by atoms with E-state index in [0.717, 1.165) is 61.5 Å². The molecule has 30 heavy (non-hydrogen) atoms. The van der Waals surface area contributed by atoms with Crippen LogP contribution in [0.4, 0.5) is 17.1 Å². The first kappa shape index (κ1) is 20.2. The molecule has 0 atom stereocenters. The fourth-order valence-electron chi connectivity index (χ4n) is 4.38. The van der Waals surface area contributed by atoms with Crippen LogP contribution in [0, 0.1) is 17.0 Å². The number of piperazine rings is 1. The molecule has 7 heteroatoms. The third-order valence-electron chi connectivity index (χ3n) is 6.05. The van der Waals surface area contributed by atoms with Gasteiger partial charge in [-0.15, -0.1) is 0 Å². The molecular formula is C23H28N4O3. The molecule has 0 spiro atoms. The topological polar surface area (TPSA) is 69.9 Å². The Kier molecular flexibility index (Phi) is 5.88. The van der Waals surface area contributed by atoms with E-state index in [2.05, 4.69) is 9.80 Å². The number of nitro groups is 1. The Morgan fingerprint density at radius 1 is 0.900 bits per heavy atom. The Balaban J connectivity index is 1.48. The number of hydrogen-bond donors (Lipinski definition) is 0. The number of nitro benzene ring substituents is 1. The minimum atomic E-state index is -0.286. The molecule has 0 aromatic heterocycles. The summed E-state index contributed by atoms with van der Waals surface area (Å²) >= 11 is 0. The van der Waals surface area contributed by atoms with Gasteiger partial charge in [-0.25, -0.2) is 0 Å². The molecule has 0 unspecified atom stereocenters. The van der Waals surface area contributed by atoms with Gasteiger partial charge < -0.3 is 14.7 Å². The molecule has 2 aliphatic rings. The van der Waals surface area contributed by atoms with Gasteiger partial charge in [0.2, 0.25) is 0 Å². The first-order valence-corrected chi connectivity index (χ1v) is 10.7. The number of anilines is 2. The number of carbonyl (C=O) groups is 1. The van der Waals surface area contributed by atoms with Gasteiger partial charge in [-0.2, -0.15) is 0 Å². The van der Waals surface area contributed by atoms with Crippen molar-refractivity contribution >= 4 is 23.0 Å². The van der Waals surface area contributed by atoms with E-state index in [0.29, 0.717) is 13.1 Å². The Morgan fingerprint density at radius 3 is 2.30 bits per heavy atom. The molecule has 0 radical (unpaired) electrons. The number of nitrogens with zero attached hydrogens (tertiary/aromatic N) is 4. The molecule has 0 N–H and O–H groups in total. The lowest BCUT2D eigenvalue weighted by atomic mass is 10.1. The zero-order valence-electron chi connectivity index (χ0n) is 17.4. The van der Waals surface area contributed by atoms with Crippen molar-refractivity contribution < 1.29 is 9.72 Å². The average molecular weight is 409 g/mol. The van der Waals surface area contributed by atoms with E-state index in [1.54, 1.807) is 6.07 Å². The lowest BCUT2D eigenvalue weighted by Crippen LogP contribution is -2.48. The van der Waals surface area contributed by atoms with E-state index in [-0.39, 0.29) is 16.5 Å². The number of carbonyl (C=O) groups excluding carboxylic acids is 1. The molecule has 0 aliphatic carbocycles. The maximum Gasteiger partial charge on any atom is 0.292 e. The van der Waals surface area contributed by atoms with Gasteiger partial charge in [0.05, 0.1) is 4.92 Å². The summed E-state index contributed by atoms with van der Waals surface area (Å²) in [5.41, 5.74) is 3.69. The molecule has 0 saturated carbocycles. The molecule has 2 saturated heterocycles. The first-order valence-electron chi connectivity index (χ1n) is 10.7. The SMILES string of the molecule is Cc1cccc(C(=O)N2CCN(c3ccc([N+](=O)[O-])c(N4CCCCC4)c3)CC2)c1. The third-order valence-corrected chi connectivity index (χ3v) is 6.05. The fourth-order valence-corrected chi connectivity index (χ4v) is 4.38. The summed E-state index contributed by atoms with van der Waals surface area (Å²) in [4.78, 5) is 30.3. The van der Waals surface area contributed by atoms with Gasteiger partial charge >= 0.3 is 0 Å². The van der Waals surface area contributed by atoms with E-state index >= 15 is 0 Å². The Labute approximate surface area is 177 Å². The molecular weight excluding hydrogens is 380 g/mol. The highest BCUT2D eigenvalue weighted by atomic mass is 16.6. The van der Waals surface area contributed by atoms with Crippen molar-refractivity contribution in [2.45, 2.75) is 26.2 Å². The van der Waals surface area contributed by atoms with Gasteiger partial charge in [-0.05, 0) is 50.5 Å². The van der Waals surface area contributed by atoms with Crippen LogP contribution < -0.4 is 9.80 Å². The molecule has 2 aromatic carbocycles. The van der Waals surface area contributed by atoms with E-state index in [1.807, 2.05) is 48.2 Å². The Morgan fingerprint density at radius 2 is 1.63 bits per heavy atom. The van der Waals surface area contributed by atoms with Gasteiger partial charge in [0.15, 0.2) is 0 Å². The summed E-state index contributed by atoms with van der Waals surface area (Å²) in [6.07, 6.45) is 3.32. The van der Waals surface area contributed by atoms with Crippen LogP contribution >= 0.6 is 0 Å². The lowest BCUT2D eigenvalue weighted by molar-refractivity contribution is -0.384. The monoisotopic (exact) mass is 408 g/mol. The van der Waals surface area contributed by atoms with Crippen LogP contribution in [0.25, 0.3) is 0 Å². The number of hydrogen-bond acceptors (Lipinski definition) is 5. The molecule has 2 aliphatic heterocycles. The number of aryl methyl sites for hydroxylation is 1. The van der Waals surface area contributed by atoms with Gasteiger partial charge in [-0.3, -0.25) is 14.9 Å². The van der Waals surface area contributed by atoms with Crippen molar-refractivity contribution in [3.8, 4) is 0 Å². The number of rotatable bonds is 4. The van der Waals surface area contributed by atoms with Crippen LogP contribution in [0.2, 0.25) is 0 Å². The highest BCUT2D eigenvalue weighted by Crippen LogP contribution is 2.34. The second-order valence-corrected chi connectivity index (χ2v) is 8.13. The van der Waals surface area contributed by atoms with Gasteiger partial charge in [0.25, 0.3) is 11.6 Å². The quantitative estimate of drug-likeness (QED) is 0.568. The van der Waals surface area contributed by atoms with Crippen molar-refractivity contribution in [1.29, 1.82) is 0 Å².